The van der Waals surface area contributed by atoms with Crippen LogP contribution in [0.15, 0.2) is 84.9 Å². The lowest BCUT2D eigenvalue weighted by atomic mass is 9.48. The zero-order valence-electron chi connectivity index (χ0n) is 19.7. The first kappa shape index (κ1) is 22.0. The van der Waals surface area contributed by atoms with Gasteiger partial charge in [-0.1, -0.05) is 72.8 Å². The van der Waals surface area contributed by atoms with Crippen molar-refractivity contribution in [3.05, 3.63) is 102 Å². The van der Waals surface area contributed by atoms with Crippen LogP contribution in [0.25, 0.3) is 0 Å². The molecule has 4 saturated carbocycles. The van der Waals surface area contributed by atoms with Crippen molar-refractivity contribution in [2.24, 2.45) is 17.8 Å². The van der Waals surface area contributed by atoms with Gasteiger partial charge in [0.25, 0.3) is 0 Å². The van der Waals surface area contributed by atoms with Crippen LogP contribution >= 0.6 is 11.8 Å². The monoisotopic (exact) mass is 467 g/mol. The van der Waals surface area contributed by atoms with Gasteiger partial charge in [-0.15, -0.1) is 11.8 Å². The quantitative estimate of drug-likeness (QED) is 0.387. The topological polar surface area (TPSA) is 29.1 Å². The summed E-state index contributed by atoms with van der Waals surface area (Å²) in [7, 11) is 0. The third-order valence-corrected chi connectivity index (χ3v) is 9.71. The molecule has 4 fully saturated rings. The molecule has 0 spiro atoms. The Balaban J connectivity index is 1.11. The van der Waals surface area contributed by atoms with Gasteiger partial charge in [-0.25, -0.2) is 0 Å². The number of hydrogen-bond donors (Lipinski definition) is 1. The Morgan fingerprint density at radius 2 is 1.26 bits per heavy atom. The highest BCUT2D eigenvalue weighted by atomic mass is 32.2. The lowest BCUT2D eigenvalue weighted by Gasteiger charge is -2.57. The maximum Gasteiger partial charge on any atom is 0.234 e. The average Bonchev–Trinajstić information content (AvgIpc) is 2.85. The molecule has 3 aromatic rings. The van der Waals surface area contributed by atoms with Crippen LogP contribution in [0.4, 0.5) is 5.69 Å². The van der Waals surface area contributed by atoms with E-state index in [0.29, 0.717) is 11.2 Å². The van der Waals surface area contributed by atoms with Crippen molar-refractivity contribution in [2.75, 3.05) is 11.1 Å². The Hall–Kier alpha value is -2.52. The SMILES string of the molecule is O=C(CSC(c1ccccc1)c1ccccc1)Nc1ccc(C23CC4CC(CC(C4)C2)C3)cc1. The zero-order chi connectivity index (χ0) is 23.0. The molecule has 174 valence electrons. The van der Waals surface area contributed by atoms with Crippen molar-refractivity contribution < 1.29 is 4.79 Å². The highest BCUT2D eigenvalue weighted by Crippen LogP contribution is 2.60. The van der Waals surface area contributed by atoms with E-state index in [9.17, 15) is 4.79 Å². The lowest BCUT2D eigenvalue weighted by molar-refractivity contribution is -0.113. The molecule has 4 aliphatic rings. The van der Waals surface area contributed by atoms with Crippen LogP contribution in [0.1, 0.15) is 60.5 Å². The minimum absolute atomic E-state index is 0.0596. The normalized spacial score (nSPS) is 27.1. The third-order valence-electron chi connectivity index (χ3n) is 8.41. The van der Waals surface area contributed by atoms with Gasteiger partial charge in [-0.05, 0) is 90.5 Å². The van der Waals surface area contributed by atoms with Crippen LogP contribution in [0, 0.1) is 17.8 Å². The van der Waals surface area contributed by atoms with Crippen LogP contribution in [-0.4, -0.2) is 11.7 Å². The van der Waals surface area contributed by atoms with E-state index >= 15 is 0 Å². The zero-order valence-corrected chi connectivity index (χ0v) is 20.5. The fourth-order valence-electron chi connectivity index (χ4n) is 7.37. The van der Waals surface area contributed by atoms with Crippen LogP contribution in [-0.2, 0) is 10.2 Å². The number of rotatable bonds is 7. The molecular formula is C31H33NOS. The van der Waals surface area contributed by atoms with Gasteiger partial charge >= 0.3 is 0 Å². The first-order valence-corrected chi connectivity index (χ1v) is 13.8. The van der Waals surface area contributed by atoms with Gasteiger partial charge in [0, 0.05) is 5.69 Å². The van der Waals surface area contributed by atoms with E-state index in [1.54, 1.807) is 11.8 Å². The fraction of sp³-hybridized carbons (Fsp3) is 0.387. The number of carbonyl (C=O) groups is 1. The molecule has 0 atom stereocenters. The summed E-state index contributed by atoms with van der Waals surface area (Å²) in [6.45, 7) is 0. The minimum Gasteiger partial charge on any atom is -0.325 e. The van der Waals surface area contributed by atoms with E-state index < -0.39 is 0 Å². The van der Waals surface area contributed by atoms with Crippen LogP contribution in [0.2, 0.25) is 0 Å². The molecule has 0 unspecified atom stereocenters. The van der Waals surface area contributed by atoms with Crippen LogP contribution in [0.5, 0.6) is 0 Å². The summed E-state index contributed by atoms with van der Waals surface area (Å²) in [5, 5.41) is 3.29. The van der Waals surface area contributed by atoms with E-state index in [1.165, 1.54) is 55.2 Å². The van der Waals surface area contributed by atoms with Gasteiger partial charge in [0.15, 0.2) is 0 Å². The van der Waals surface area contributed by atoms with Crippen LogP contribution in [0.3, 0.4) is 0 Å². The van der Waals surface area contributed by atoms with Crippen molar-refractivity contribution >= 4 is 23.4 Å². The molecule has 0 radical (unpaired) electrons. The first-order valence-electron chi connectivity index (χ1n) is 12.8. The van der Waals surface area contributed by atoms with Gasteiger partial charge in [-0.2, -0.15) is 0 Å². The van der Waals surface area contributed by atoms with Gasteiger partial charge in [0.05, 0.1) is 11.0 Å². The molecule has 3 heteroatoms. The van der Waals surface area contributed by atoms with Crippen molar-refractivity contribution in [3.63, 3.8) is 0 Å². The second-order valence-electron chi connectivity index (χ2n) is 10.8. The molecule has 3 aromatic carbocycles. The smallest absolute Gasteiger partial charge is 0.234 e. The summed E-state index contributed by atoms with van der Waals surface area (Å²) >= 11 is 1.68. The Morgan fingerprint density at radius 3 is 1.76 bits per heavy atom. The summed E-state index contributed by atoms with van der Waals surface area (Å²) in [6.07, 6.45) is 8.54. The average molecular weight is 468 g/mol. The molecule has 4 aliphatic carbocycles. The van der Waals surface area contributed by atoms with Crippen molar-refractivity contribution in [1.29, 1.82) is 0 Å². The summed E-state index contributed by atoms with van der Waals surface area (Å²) in [5.41, 5.74) is 5.28. The highest BCUT2D eigenvalue weighted by Gasteiger charge is 2.51. The molecule has 4 bridgehead atoms. The Morgan fingerprint density at radius 1 is 0.765 bits per heavy atom. The largest absolute Gasteiger partial charge is 0.325 e. The summed E-state index contributed by atoms with van der Waals surface area (Å²) in [6, 6.07) is 29.8. The number of thioether (sulfide) groups is 1. The van der Waals surface area contributed by atoms with Crippen molar-refractivity contribution in [2.45, 2.75) is 49.2 Å². The predicted molar refractivity (Wildman–Crippen MR) is 142 cm³/mol. The van der Waals surface area contributed by atoms with Gasteiger partial charge in [0.1, 0.15) is 0 Å². The number of amides is 1. The van der Waals surface area contributed by atoms with Crippen LogP contribution < -0.4 is 5.32 Å². The molecule has 0 saturated heterocycles. The predicted octanol–water partition coefficient (Wildman–Crippen LogP) is 7.62. The second kappa shape index (κ2) is 9.26. The second-order valence-corrected chi connectivity index (χ2v) is 11.9. The molecular weight excluding hydrogens is 434 g/mol. The molecule has 0 aromatic heterocycles. The number of carbonyl (C=O) groups excluding carboxylic acids is 1. The van der Waals surface area contributed by atoms with E-state index in [4.69, 9.17) is 0 Å². The Kier molecular flexibility index (Phi) is 5.99. The van der Waals surface area contributed by atoms with E-state index in [0.717, 1.165) is 23.4 Å². The number of nitrogens with one attached hydrogen (secondary N) is 1. The summed E-state index contributed by atoms with van der Waals surface area (Å²) in [5.74, 6) is 3.33. The standard InChI is InChI=1S/C31H33NOS/c33-29(21-34-30(25-7-3-1-4-8-25)26-9-5-2-6-10-26)32-28-13-11-27(12-14-28)31-18-22-15-23(19-31)17-24(16-22)20-31/h1-14,22-24,30H,15-21H2,(H,32,33). The molecule has 0 aliphatic heterocycles. The molecule has 2 nitrogen and oxygen atoms in total. The minimum atomic E-state index is 0.0596. The van der Waals surface area contributed by atoms with Crippen molar-refractivity contribution in [1.82, 2.24) is 0 Å². The molecule has 7 rings (SSSR count). The van der Waals surface area contributed by atoms with E-state index in [-0.39, 0.29) is 11.2 Å². The maximum atomic E-state index is 12.9. The van der Waals surface area contributed by atoms with E-state index in [2.05, 4.69) is 78.1 Å². The van der Waals surface area contributed by atoms with Gasteiger partial charge in [-0.3, -0.25) is 4.79 Å². The molecule has 34 heavy (non-hydrogen) atoms. The van der Waals surface area contributed by atoms with Crippen molar-refractivity contribution in [3.8, 4) is 0 Å². The fourth-order valence-corrected chi connectivity index (χ4v) is 8.46. The Labute approximate surface area is 207 Å². The third kappa shape index (κ3) is 4.43. The number of hydrogen-bond acceptors (Lipinski definition) is 2. The maximum absolute atomic E-state index is 12.9. The van der Waals surface area contributed by atoms with E-state index in [1.807, 2.05) is 12.1 Å². The van der Waals surface area contributed by atoms with Gasteiger partial charge < -0.3 is 5.32 Å². The Bertz CT molecular complexity index is 1050. The first-order chi connectivity index (χ1) is 16.7. The highest BCUT2D eigenvalue weighted by molar-refractivity contribution is 8.00. The summed E-state index contributed by atoms with van der Waals surface area (Å²) in [4.78, 5) is 12.9. The number of anilines is 1. The number of benzene rings is 3. The van der Waals surface area contributed by atoms with Gasteiger partial charge in [0.2, 0.25) is 5.91 Å². The molecule has 1 N–H and O–H groups in total. The molecule has 1 amide bonds. The summed E-state index contributed by atoms with van der Waals surface area (Å²) < 4.78 is 0. The molecule has 0 heterocycles. The lowest BCUT2D eigenvalue weighted by Crippen LogP contribution is -2.48.